The molecular weight excluding hydrogens is 668 g/mol. The molecule has 4 amide bonds. The minimum Gasteiger partial charge on any atom is -0.493 e. The van der Waals surface area contributed by atoms with E-state index in [0.717, 1.165) is 5.56 Å². The molecule has 0 saturated carbocycles. The topological polar surface area (TPSA) is 145 Å². The first-order chi connectivity index (χ1) is 25.1. The van der Waals surface area contributed by atoms with Crippen molar-refractivity contribution in [3.63, 3.8) is 0 Å². The van der Waals surface area contributed by atoms with Crippen molar-refractivity contribution in [3.05, 3.63) is 71.8 Å². The van der Waals surface area contributed by atoms with Gasteiger partial charge in [-0.3, -0.25) is 19.2 Å². The maximum absolute atomic E-state index is 14.1. The number of carbonyl (C=O) groups is 4. The van der Waals surface area contributed by atoms with Gasteiger partial charge in [0.2, 0.25) is 11.8 Å². The average Bonchev–Trinajstić information content (AvgIpc) is 3.51. The van der Waals surface area contributed by atoms with Crippen molar-refractivity contribution in [3.8, 4) is 34.5 Å². The van der Waals surface area contributed by atoms with Crippen molar-refractivity contribution in [1.82, 2.24) is 20.4 Å². The van der Waals surface area contributed by atoms with Crippen molar-refractivity contribution in [2.24, 2.45) is 11.8 Å². The Balaban J connectivity index is 1.23. The van der Waals surface area contributed by atoms with Crippen LogP contribution in [0.2, 0.25) is 0 Å². The second kappa shape index (κ2) is 15.8. The Labute approximate surface area is 303 Å². The van der Waals surface area contributed by atoms with Crippen LogP contribution >= 0.6 is 0 Å². The van der Waals surface area contributed by atoms with Crippen molar-refractivity contribution in [2.75, 3.05) is 53.6 Å². The highest BCUT2D eigenvalue weighted by atomic mass is 16.5. The minimum atomic E-state index is -1.26. The molecule has 3 aromatic carbocycles. The van der Waals surface area contributed by atoms with Crippen LogP contribution in [0.15, 0.2) is 60.7 Å². The molecular formula is C39H46N4O9. The van der Waals surface area contributed by atoms with Gasteiger partial charge in [0.1, 0.15) is 18.1 Å². The number of likely N-dealkylation sites (tertiary alicyclic amines) is 2. The van der Waals surface area contributed by atoms with Crippen LogP contribution in [-0.4, -0.2) is 92.6 Å². The molecule has 0 radical (unpaired) electrons. The van der Waals surface area contributed by atoms with Crippen LogP contribution in [0.25, 0.3) is 0 Å². The largest absolute Gasteiger partial charge is 0.493 e. The monoisotopic (exact) mass is 714 g/mol. The lowest BCUT2D eigenvalue weighted by Gasteiger charge is -2.41. The van der Waals surface area contributed by atoms with Crippen LogP contribution < -0.4 is 34.3 Å². The van der Waals surface area contributed by atoms with E-state index in [4.69, 9.17) is 23.7 Å². The molecule has 8 aliphatic heterocycles. The molecule has 2 saturated heterocycles. The Morgan fingerprint density at radius 2 is 1.58 bits per heavy atom. The van der Waals surface area contributed by atoms with E-state index in [0.29, 0.717) is 72.2 Å². The van der Waals surface area contributed by atoms with Crippen LogP contribution in [0, 0.1) is 11.8 Å². The van der Waals surface area contributed by atoms with Crippen LogP contribution in [0.5, 0.6) is 34.5 Å². The van der Waals surface area contributed by atoms with E-state index in [1.165, 1.54) is 14.2 Å². The van der Waals surface area contributed by atoms with Gasteiger partial charge >= 0.3 is 0 Å². The first-order valence-corrected chi connectivity index (χ1v) is 17.6. The Morgan fingerprint density at radius 1 is 0.904 bits per heavy atom. The molecule has 8 heterocycles. The van der Waals surface area contributed by atoms with Crippen LogP contribution in [0.4, 0.5) is 0 Å². The Bertz CT molecular complexity index is 1790. The zero-order valence-corrected chi connectivity index (χ0v) is 30.1. The van der Waals surface area contributed by atoms with E-state index in [-0.39, 0.29) is 62.6 Å². The lowest BCUT2D eigenvalue weighted by Crippen LogP contribution is -2.58. The smallest absolute Gasteiger partial charge is 0.264 e. The molecule has 0 aromatic heterocycles. The summed E-state index contributed by atoms with van der Waals surface area (Å²) in [6.45, 7) is 6.41. The summed E-state index contributed by atoms with van der Waals surface area (Å²) in [5, 5.41) is 5.90. The molecule has 1 spiro atoms. The van der Waals surface area contributed by atoms with Crippen molar-refractivity contribution in [2.45, 2.75) is 45.3 Å². The molecule has 13 heteroatoms. The van der Waals surface area contributed by atoms with Gasteiger partial charge in [0.15, 0.2) is 28.6 Å². The van der Waals surface area contributed by atoms with E-state index in [2.05, 4.69) is 24.5 Å². The molecule has 13 nitrogen and oxygen atoms in total. The second-order valence-corrected chi connectivity index (χ2v) is 13.7. The molecule has 2 fully saturated rings. The number of methoxy groups -OCH3 is 2. The Kier molecular flexibility index (Phi) is 11.1. The number of nitrogens with one attached hydrogen (secondary N) is 2. The van der Waals surface area contributed by atoms with Crippen LogP contribution in [0.1, 0.15) is 49.0 Å². The van der Waals surface area contributed by atoms with Crippen LogP contribution in [-0.2, 0) is 20.9 Å². The molecule has 3 aromatic rings. The third-order valence-corrected chi connectivity index (χ3v) is 9.57. The molecule has 8 aliphatic rings. The average molecular weight is 715 g/mol. The summed E-state index contributed by atoms with van der Waals surface area (Å²) in [7, 11) is 3.02. The molecule has 276 valence electrons. The number of rotatable bonds is 5. The van der Waals surface area contributed by atoms with Gasteiger partial charge < -0.3 is 44.1 Å². The number of hydrogen-bond donors (Lipinski definition) is 2. The molecule has 6 bridgehead atoms. The summed E-state index contributed by atoms with van der Waals surface area (Å²) >= 11 is 0. The summed E-state index contributed by atoms with van der Waals surface area (Å²) in [6.07, 6.45) is 0.725. The standard InChI is InChI=1S/C39H46N4O9/c1-25(2)23-43-24-28(21-35(43)44)37(46)42-16-13-39(14-17-42)38(47)41-22-26-5-11-31(33(19-26)48-3)51-32-12-6-27(20-34(32)49-4)36(45)40-15-18-50-29-7-9-30(52-39)10-8-29/h5-12,19-20,25,28H,13-18,21-24H2,1-4H3,(H,40,45)(H,41,47). The number of hydrogen-bond acceptors (Lipinski definition) is 9. The summed E-state index contributed by atoms with van der Waals surface area (Å²) < 4.78 is 29.7. The molecule has 2 N–H and O–H groups in total. The number of ether oxygens (including phenoxy) is 5. The maximum Gasteiger partial charge on any atom is 0.264 e. The third kappa shape index (κ3) is 8.19. The predicted octanol–water partition coefficient (Wildman–Crippen LogP) is 4.18. The normalized spacial score (nSPS) is 19.2. The first-order valence-electron chi connectivity index (χ1n) is 17.6. The fourth-order valence-electron chi connectivity index (χ4n) is 6.80. The molecule has 1 unspecified atom stereocenters. The molecule has 52 heavy (non-hydrogen) atoms. The molecule has 11 rings (SSSR count). The first kappa shape index (κ1) is 36.3. The summed E-state index contributed by atoms with van der Waals surface area (Å²) in [6, 6.07) is 17.2. The summed E-state index contributed by atoms with van der Waals surface area (Å²) in [5.74, 6) is 1.90. The second-order valence-electron chi connectivity index (χ2n) is 13.7. The summed E-state index contributed by atoms with van der Waals surface area (Å²) in [4.78, 5) is 56.7. The van der Waals surface area contributed by atoms with Crippen molar-refractivity contribution < 1.29 is 42.9 Å². The van der Waals surface area contributed by atoms with E-state index >= 15 is 0 Å². The molecule has 1 atom stereocenters. The van der Waals surface area contributed by atoms with E-state index in [9.17, 15) is 19.2 Å². The Morgan fingerprint density at radius 3 is 2.27 bits per heavy atom. The van der Waals surface area contributed by atoms with Gasteiger partial charge in [0, 0.05) is 57.5 Å². The van der Waals surface area contributed by atoms with Gasteiger partial charge in [-0.1, -0.05) is 19.9 Å². The quantitative estimate of drug-likeness (QED) is 0.398. The van der Waals surface area contributed by atoms with Gasteiger partial charge in [-0.25, -0.2) is 0 Å². The summed E-state index contributed by atoms with van der Waals surface area (Å²) in [5.41, 5.74) is -0.104. The Hall–Kier alpha value is -5.46. The van der Waals surface area contributed by atoms with E-state index in [1.807, 2.05) is 6.07 Å². The van der Waals surface area contributed by atoms with Gasteiger partial charge in [-0.15, -0.1) is 0 Å². The predicted molar refractivity (Wildman–Crippen MR) is 191 cm³/mol. The van der Waals surface area contributed by atoms with Gasteiger partial charge in [0.05, 0.1) is 26.7 Å². The van der Waals surface area contributed by atoms with Gasteiger partial charge in [0.25, 0.3) is 11.8 Å². The van der Waals surface area contributed by atoms with Crippen LogP contribution in [0.3, 0.4) is 0 Å². The molecule has 0 aliphatic carbocycles. The van der Waals surface area contributed by atoms with Gasteiger partial charge in [-0.2, -0.15) is 0 Å². The lowest BCUT2D eigenvalue weighted by molar-refractivity contribution is -0.148. The van der Waals surface area contributed by atoms with Crippen molar-refractivity contribution >= 4 is 23.6 Å². The minimum absolute atomic E-state index is 0.00609. The van der Waals surface area contributed by atoms with Crippen molar-refractivity contribution in [1.29, 1.82) is 0 Å². The lowest BCUT2D eigenvalue weighted by atomic mass is 9.89. The fourth-order valence-corrected chi connectivity index (χ4v) is 6.80. The zero-order chi connectivity index (χ0) is 36.8. The number of amides is 4. The number of carbonyl (C=O) groups excluding carboxylic acids is 4. The van der Waals surface area contributed by atoms with E-state index < -0.39 is 11.5 Å². The SMILES string of the molecule is COc1cc2ccc1Oc1ccc(cc1OC)C(=O)NCCOc1ccc(cc1)OC1(CCN(C(=O)C3CC(=O)N(CC(C)C)C3)CC1)C(=O)NC2. The third-order valence-electron chi connectivity index (χ3n) is 9.57. The number of nitrogens with zero attached hydrogens (tertiary/aromatic N) is 2. The maximum atomic E-state index is 14.1. The number of piperidine rings is 1. The zero-order valence-electron chi connectivity index (χ0n) is 30.1. The highest BCUT2D eigenvalue weighted by Crippen LogP contribution is 2.38. The highest BCUT2D eigenvalue weighted by molar-refractivity contribution is 5.95. The fraction of sp³-hybridized carbons (Fsp3) is 0.436. The van der Waals surface area contributed by atoms with E-state index in [1.54, 1.807) is 64.4 Å². The number of benzene rings is 3. The highest BCUT2D eigenvalue weighted by Gasteiger charge is 2.46. The van der Waals surface area contributed by atoms with Gasteiger partial charge in [-0.05, 0) is 66.1 Å².